The number of carbonyl (C=O) groups excluding carboxylic acids is 1. The molecule has 0 saturated carbocycles. The van der Waals surface area contributed by atoms with Gasteiger partial charge < -0.3 is 0 Å². The molecule has 0 radical (unpaired) electrons. The third-order valence-corrected chi connectivity index (χ3v) is 8.16. The van der Waals surface area contributed by atoms with Gasteiger partial charge in [0.1, 0.15) is 5.78 Å². The molecule has 0 amide bonds. The van der Waals surface area contributed by atoms with Crippen LogP contribution in [-0.2, 0) is 33.2 Å². The first-order chi connectivity index (χ1) is 14.8. The highest BCUT2D eigenvalue weighted by atomic mass is 79.9. The number of unbranched alkanes of at least 4 members (excludes halogenated alkanes) is 1. The quantitative estimate of drug-likeness (QED) is 0.327. The van der Waals surface area contributed by atoms with E-state index in [-0.39, 0.29) is 17.4 Å². The molecule has 2 aromatic carbocycles. The topological polar surface area (TPSA) is 51.2 Å². The van der Waals surface area contributed by atoms with Crippen LogP contribution in [0.5, 0.6) is 0 Å². The van der Waals surface area contributed by atoms with Crippen molar-refractivity contribution in [1.29, 1.82) is 0 Å². The fourth-order valence-electron chi connectivity index (χ4n) is 4.51. The number of terminal acetylenes is 1. The van der Waals surface area contributed by atoms with Crippen molar-refractivity contribution in [2.45, 2.75) is 63.5 Å². The molecule has 5 heteroatoms. The molecule has 0 heterocycles. The van der Waals surface area contributed by atoms with Gasteiger partial charge in [-0.1, -0.05) is 40.2 Å². The number of carbonyl (C=O) groups is 1. The zero-order chi connectivity index (χ0) is 22.4. The van der Waals surface area contributed by atoms with Gasteiger partial charge in [-0.15, -0.1) is 12.3 Å². The van der Waals surface area contributed by atoms with E-state index in [1.54, 1.807) is 0 Å². The van der Waals surface area contributed by atoms with Gasteiger partial charge in [0.15, 0.2) is 9.84 Å². The summed E-state index contributed by atoms with van der Waals surface area (Å²) < 4.78 is 26.0. The summed E-state index contributed by atoms with van der Waals surface area (Å²) in [6.07, 6.45) is 10.4. The Bertz CT molecular complexity index is 1080. The number of ketones is 1. The SMILES string of the molecule is C#CCCCC1C(=O)CCc2cc(CCCS(=O)(=O)Cc3ccc(Br)cc3)cc(C)c21. The summed E-state index contributed by atoms with van der Waals surface area (Å²) in [6.45, 7) is 2.07. The van der Waals surface area contributed by atoms with Crippen LogP contribution in [0.15, 0.2) is 40.9 Å². The van der Waals surface area contributed by atoms with E-state index in [2.05, 4.69) is 40.9 Å². The zero-order valence-electron chi connectivity index (χ0n) is 18.0. The molecule has 1 aliphatic carbocycles. The van der Waals surface area contributed by atoms with Gasteiger partial charge in [-0.25, -0.2) is 8.42 Å². The average molecular weight is 501 g/mol. The predicted octanol–water partition coefficient (Wildman–Crippen LogP) is 5.71. The van der Waals surface area contributed by atoms with E-state index in [4.69, 9.17) is 6.42 Å². The highest BCUT2D eigenvalue weighted by Gasteiger charge is 2.28. The second-order valence-corrected chi connectivity index (χ2v) is 11.5. The van der Waals surface area contributed by atoms with Crippen molar-refractivity contribution in [3.05, 3.63) is 68.7 Å². The third kappa shape index (κ3) is 6.54. The summed E-state index contributed by atoms with van der Waals surface area (Å²) in [5.41, 5.74) is 5.54. The highest BCUT2D eigenvalue weighted by Crippen LogP contribution is 2.36. The molecule has 0 bridgehead atoms. The number of halogens is 1. The molecule has 0 aliphatic heterocycles. The Labute approximate surface area is 194 Å². The molecule has 31 heavy (non-hydrogen) atoms. The van der Waals surface area contributed by atoms with Crippen molar-refractivity contribution in [3.63, 3.8) is 0 Å². The van der Waals surface area contributed by atoms with Crippen LogP contribution in [0.2, 0.25) is 0 Å². The van der Waals surface area contributed by atoms with Gasteiger partial charge in [-0.05, 0) is 79.0 Å². The first-order valence-electron chi connectivity index (χ1n) is 10.8. The van der Waals surface area contributed by atoms with E-state index >= 15 is 0 Å². The maximum absolute atomic E-state index is 12.5. The van der Waals surface area contributed by atoms with Gasteiger partial charge in [0.05, 0.1) is 11.5 Å². The summed E-state index contributed by atoms with van der Waals surface area (Å²) in [5, 5.41) is 0. The number of rotatable bonds is 9. The molecular formula is C26H29BrO3S. The first kappa shape index (κ1) is 23.8. The van der Waals surface area contributed by atoms with Crippen LogP contribution in [0.25, 0.3) is 0 Å². The number of hydrogen-bond acceptors (Lipinski definition) is 3. The van der Waals surface area contributed by atoms with E-state index in [0.29, 0.717) is 25.0 Å². The van der Waals surface area contributed by atoms with Gasteiger partial charge in [-0.3, -0.25) is 4.79 Å². The molecule has 2 aromatic rings. The maximum atomic E-state index is 12.5. The van der Waals surface area contributed by atoms with Crippen molar-refractivity contribution < 1.29 is 13.2 Å². The summed E-state index contributed by atoms with van der Waals surface area (Å²) in [7, 11) is -3.15. The molecule has 1 atom stereocenters. The van der Waals surface area contributed by atoms with Gasteiger partial charge >= 0.3 is 0 Å². The molecule has 0 aromatic heterocycles. The smallest absolute Gasteiger partial charge is 0.154 e. The van der Waals surface area contributed by atoms with Gasteiger partial charge in [0.25, 0.3) is 0 Å². The minimum atomic E-state index is -3.15. The second-order valence-electron chi connectivity index (χ2n) is 8.42. The van der Waals surface area contributed by atoms with Crippen molar-refractivity contribution in [2.75, 3.05) is 5.75 Å². The minimum Gasteiger partial charge on any atom is -0.299 e. The standard InChI is InChI=1S/C26H29BrO3S/c1-3-4-5-8-24-25(28)14-11-22-17-21(16-19(2)26(22)24)7-6-15-31(29,30)18-20-9-12-23(27)13-10-20/h1,9-10,12-13,16-17,24H,4-8,11,14-15,18H2,2H3. The molecule has 0 saturated heterocycles. The molecular weight excluding hydrogens is 472 g/mol. The average Bonchev–Trinajstić information content (AvgIpc) is 2.71. The van der Waals surface area contributed by atoms with Crippen LogP contribution >= 0.6 is 15.9 Å². The zero-order valence-corrected chi connectivity index (χ0v) is 20.4. The molecule has 1 aliphatic rings. The van der Waals surface area contributed by atoms with E-state index < -0.39 is 9.84 Å². The number of hydrogen-bond donors (Lipinski definition) is 0. The summed E-state index contributed by atoms with van der Waals surface area (Å²) >= 11 is 3.37. The highest BCUT2D eigenvalue weighted by molar-refractivity contribution is 9.10. The first-order valence-corrected chi connectivity index (χ1v) is 13.4. The summed E-state index contributed by atoms with van der Waals surface area (Å²) in [4.78, 5) is 12.5. The molecule has 1 unspecified atom stereocenters. The second kappa shape index (κ2) is 10.6. The number of fused-ring (bicyclic) bond motifs is 1. The van der Waals surface area contributed by atoms with E-state index in [1.165, 1.54) is 11.1 Å². The lowest BCUT2D eigenvalue weighted by Gasteiger charge is -2.27. The Morgan fingerprint density at radius 2 is 1.84 bits per heavy atom. The largest absolute Gasteiger partial charge is 0.299 e. The molecule has 164 valence electrons. The van der Waals surface area contributed by atoms with Crippen molar-refractivity contribution in [2.24, 2.45) is 0 Å². The van der Waals surface area contributed by atoms with Gasteiger partial charge in [-0.2, -0.15) is 0 Å². The lowest BCUT2D eigenvalue weighted by Crippen LogP contribution is -2.22. The fourth-order valence-corrected chi connectivity index (χ4v) is 6.20. The van der Waals surface area contributed by atoms with E-state index in [0.717, 1.165) is 46.8 Å². The molecule has 3 rings (SSSR count). The van der Waals surface area contributed by atoms with Crippen LogP contribution in [0.4, 0.5) is 0 Å². The van der Waals surface area contributed by atoms with Crippen LogP contribution in [-0.4, -0.2) is 20.0 Å². The van der Waals surface area contributed by atoms with Crippen molar-refractivity contribution in [1.82, 2.24) is 0 Å². The number of Topliss-reactive ketones (excluding diaryl/α,β-unsaturated/α-hetero) is 1. The monoisotopic (exact) mass is 500 g/mol. The van der Waals surface area contributed by atoms with Crippen LogP contribution in [0.1, 0.15) is 65.8 Å². The Hall–Kier alpha value is -1.90. The molecule has 0 fully saturated rings. The lowest BCUT2D eigenvalue weighted by atomic mass is 9.76. The summed E-state index contributed by atoms with van der Waals surface area (Å²) in [5.74, 6) is 3.18. The maximum Gasteiger partial charge on any atom is 0.154 e. The van der Waals surface area contributed by atoms with Crippen LogP contribution < -0.4 is 0 Å². The number of sulfone groups is 1. The van der Waals surface area contributed by atoms with E-state index in [1.807, 2.05) is 24.3 Å². The predicted molar refractivity (Wildman–Crippen MR) is 130 cm³/mol. The number of benzene rings is 2. The Kier molecular flexibility index (Phi) is 8.13. The fraction of sp³-hybridized carbons (Fsp3) is 0.423. The molecule has 0 N–H and O–H groups in total. The Morgan fingerprint density at radius 1 is 1.10 bits per heavy atom. The van der Waals surface area contributed by atoms with Crippen LogP contribution in [0, 0.1) is 19.3 Å². The normalized spacial score (nSPS) is 16.0. The van der Waals surface area contributed by atoms with Crippen molar-refractivity contribution in [3.8, 4) is 12.3 Å². The number of aryl methyl sites for hydroxylation is 3. The van der Waals surface area contributed by atoms with Gasteiger partial charge in [0, 0.05) is 23.2 Å². The minimum absolute atomic E-state index is 0.0440. The molecule has 0 spiro atoms. The Morgan fingerprint density at radius 3 is 2.55 bits per heavy atom. The van der Waals surface area contributed by atoms with E-state index in [9.17, 15) is 13.2 Å². The van der Waals surface area contributed by atoms with Gasteiger partial charge in [0.2, 0.25) is 0 Å². The lowest BCUT2D eigenvalue weighted by molar-refractivity contribution is -0.121. The van der Waals surface area contributed by atoms with Crippen molar-refractivity contribution >= 4 is 31.6 Å². The third-order valence-electron chi connectivity index (χ3n) is 5.94. The Balaban J connectivity index is 1.64. The van der Waals surface area contributed by atoms with Crippen LogP contribution in [0.3, 0.4) is 0 Å². The molecule has 3 nitrogen and oxygen atoms in total. The summed E-state index contributed by atoms with van der Waals surface area (Å²) in [6, 6.07) is 11.7.